The summed E-state index contributed by atoms with van der Waals surface area (Å²) >= 11 is 19.1. The van der Waals surface area contributed by atoms with E-state index in [4.69, 9.17) is 34.8 Å². The fourth-order valence-corrected chi connectivity index (χ4v) is 4.31. The van der Waals surface area contributed by atoms with Crippen molar-refractivity contribution in [2.24, 2.45) is 5.92 Å². The topological polar surface area (TPSA) is 12.0 Å². The Bertz CT molecular complexity index is 769. The second-order valence-electron chi connectivity index (χ2n) is 5.82. The lowest BCUT2D eigenvalue weighted by atomic mass is 9.77. The van der Waals surface area contributed by atoms with Crippen molar-refractivity contribution in [3.63, 3.8) is 0 Å². The van der Waals surface area contributed by atoms with Gasteiger partial charge in [0.1, 0.15) is 0 Å². The Labute approximate surface area is 144 Å². The zero-order chi connectivity index (χ0) is 15.3. The highest BCUT2D eigenvalue weighted by Crippen LogP contribution is 2.52. The van der Waals surface area contributed by atoms with Crippen LogP contribution < -0.4 is 5.32 Å². The van der Waals surface area contributed by atoms with Gasteiger partial charge in [-0.15, -0.1) is 0 Å². The minimum atomic E-state index is 0.110. The van der Waals surface area contributed by atoms with E-state index in [0.717, 1.165) is 22.7 Å². The number of anilines is 1. The van der Waals surface area contributed by atoms with Crippen molar-refractivity contribution < 1.29 is 0 Å². The molecule has 0 bridgehead atoms. The third kappa shape index (κ3) is 2.15. The van der Waals surface area contributed by atoms with Crippen molar-refractivity contribution in [3.8, 4) is 0 Å². The normalized spacial score (nSPS) is 25.5. The van der Waals surface area contributed by atoms with Crippen LogP contribution in [0.4, 0.5) is 5.69 Å². The van der Waals surface area contributed by atoms with Crippen LogP contribution in [-0.2, 0) is 0 Å². The summed E-state index contributed by atoms with van der Waals surface area (Å²) in [5, 5.41) is 5.57. The van der Waals surface area contributed by atoms with Crippen molar-refractivity contribution in [2.45, 2.75) is 18.4 Å². The first-order chi connectivity index (χ1) is 10.7. The maximum Gasteiger partial charge on any atom is 0.0645 e. The van der Waals surface area contributed by atoms with E-state index in [9.17, 15) is 0 Å². The molecule has 112 valence electrons. The highest BCUT2D eigenvalue weighted by molar-refractivity contribution is 6.42. The van der Waals surface area contributed by atoms with Crippen LogP contribution in [0.2, 0.25) is 15.1 Å². The number of hydrogen-bond donors (Lipinski definition) is 1. The van der Waals surface area contributed by atoms with Gasteiger partial charge in [0.05, 0.1) is 26.8 Å². The van der Waals surface area contributed by atoms with Gasteiger partial charge >= 0.3 is 0 Å². The van der Waals surface area contributed by atoms with Gasteiger partial charge in [-0.1, -0.05) is 71.2 Å². The molecule has 0 aromatic heterocycles. The van der Waals surface area contributed by atoms with E-state index >= 15 is 0 Å². The van der Waals surface area contributed by atoms with E-state index in [1.165, 1.54) is 5.56 Å². The summed E-state index contributed by atoms with van der Waals surface area (Å²) in [5.74, 6) is 0.803. The monoisotopic (exact) mass is 349 g/mol. The molecule has 2 aliphatic rings. The molecule has 22 heavy (non-hydrogen) atoms. The average molecular weight is 351 g/mol. The summed E-state index contributed by atoms with van der Waals surface area (Å²) in [5.41, 5.74) is 3.32. The smallest absolute Gasteiger partial charge is 0.0645 e. The summed E-state index contributed by atoms with van der Waals surface area (Å²) in [6.07, 6.45) is 5.56. The lowest BCUT2D eigenvalue weighted by Gasteiger charge is -2.38. The molecular weight excluding hydrogens is 337 g/mol. The molecular formula is C18H14Cl3N. The van der Waals surface area contributed by atoms with Crippen molar-refractivity contribution in [1.82, 2.24) is 0 Å². The maximum atomic E-state index is 6.46. The third-order valence-electron chi connectivity index (χ3n) is 4.66. The van der Waals surface area contributed by atoms with Crippen LogP contribution in [0.1, 0.15) is 29.5 Å². The number of halogens is 3. The van der Waals surface area contributed by atoms with E-state index in [0.29, 0.717) is 21.9 Å². The van der Waals surface area contributed by atoms with Crippen molar-refractivity contribution in [2.75, 3.05) is 5.32 Å². The minimum absolute atomic E-state index is 0.110. The molecule has 1 nitrogen and oxygen atoms in total. The van der Waals surface area contributed by atoms with Crippen molar-refractivity contribution in [3.05, 3.63) is 74.7 Å². The molecule has 4 rings (SSSR count). The predicted molar refractivity (Wildman–Crippen MR) is 94.3 cm³/mol. The molecule has 1 aliphatic carbocycles. The largest absolute Gasteiger partial charge is 0.376 e. The van der Waals surface area contributed by atoms with Gasteiger partial charge in [-0.05, 0) is 35.6 Å². The third-order valence-corrected chi connectivity index (χ3v) is 5.81. The molecule has 2 aromatic rings. The van der Waals surface area contributed by atoms with Crippen LogP contribution >= 0.6 is 34.8 Å². The van der Waals surface area contributed by atoms with Crippen LogP contribution in [0, 0.1) is 5.92 Å². The Hall–Kier alpha value is -1.15. The lowest BCUT2D eigenvalue weighted by Crippen LogP contribution is -2.29. The molecule has 0 saturated carbocycles. The molecule has 4 heteroatoms. The Morgan fingerprint density at radius 3 is 2.45 bits per heavy atom. The van der Waals surface area contributed by atoms with Gasteiger partial charge in [0.2, 0.25) is 0 Å². The van der Waals surface area contributed by atoms with Gasteiger partial charge in [-0.3, -0.25) is 0 Å². The Kier molecular flexibility index (Phi) is 3.60. The highest BCUT2D eigenvalue weighted by Gasteiger charge is 2.39. The number of hydrogen-bond acceptors (Lipinski definition) is 1. The minimum Gasteiger partial charge on any atom is -0.376 e. The number of para-hydroxylation sites is 1. The summed E-state index contributed by atoms with van der Waals surface area (Å²) in [6.45, 7) is 0. The Morgan fingerprint density at radius 2 is 1.64 bits per heavy atom. The van der Waals surface area contributed by atoms with E-state index in [1.54, 1.807) is 0 Å². The average Bonchev–Trinajstić information content (AvgIpc) is 3.00. The maximum absolute atomic E-state index is 6.46. The van der Waals surface area contributed by atoms with Crippen LogP contribution in [0.15, 0.2) is 48.6 Å². The summed E-state index contributed by atoms with van der Waals surface area (Å²) < 4.78 is 0. The van der Waals surface area contributed by atoms with E-state index in [1.807, 2.05) is 30.3 Å². The fourth-order valence-electron chi connectivity index (χ4n) is 3.65. The molecule has 1 N–H and O–H groups in total. The van der Waals surface area contributed by atoms with Crippen LogP contribution in [-0.4, -0.2) is 0 Å². The van der Waals surface area contributed by atoms with E-state index < -0.39 is 0 Å². The van der Waals surface area contributed by atoms with Crippen molar-refractivity contribution >= 4 is 40.5 Å². The SMILES string of the molecule is Clc1cccc([C@H]2Nc3c(Cl)cccc3[C@@H]3C=CC[C@H]23)c1Cl. The molecule has 0 spiro atoms. The molecule has 1 heterocycles. The van der Waals surface area contributed by atoms with Gasteiger partial charge in [0.25, 0.3) is 0 Å². The zero-order valence-corrected chi connectivity index (χ0v) is 14.0. The summed E-state index contributed by atoms with van der Waals surface area (Å²) in [4.78, 5) is 0. The molecule has 0 fully saturated rings. The van der Waals surface area contributed by atoms with Crippen LogP contribution in [0.3, 0.4) is 0 Å². The number of allylic oxidation sites excluding steroid dienone is 2. The van der Waals surface area contributed by atoms with Crippen LogP contribution in [0.5, 0.6) is 0 Å². The van der Waals surface area contributed by atoms with E-state index in [2.05, 4.69) is 23.5 Å². The Morgan fingerprint density at radius 1 is 0.909 bits per heavy atom. The molecule has 2 aromatic carbocycles. The molecule has 0 amide bonds. The second-order valence-corrected chi connectivity index (χ2v) is 7.01. The number of fused-ring (bicyclic) bond motifs is 3. The van der Waals surface area contributed by atoms with Crippen molar-refractivity contribution in [1.29, 1.82) is 0 Å². The van der Waals surface area contributed by atoms with Gasteiger partial charge in [-0.2, -0.15) is 0 Å². The molecule has 0 radical (unpaired) electrons. The van der Waals surface area contributed by atoms with Gasteiger partial charge in [0.15, 0.2) is 0 Å². The summed E-state index contributed by atoms with van der Waals surface area (Å²) in [7, 11) is 0. The highest BCUT2D eigenvalue weighted by atomic mass is 35.5. The lowest BCUT2D eigenvalue weighted by molar-refractivity contribution is 0.426. The first kappa shape index (κ1) is 14.4. The second kappa shape index (κ2) is 5.49. The zero-order valence-electron chi connectivity index (χ0n) is 11.7. The molecule has 0 saturated heterocycles. The molecule has 0 unspecified atom stereocenters. The van der Waals surface area contributed by atoms with E-state index in [-0.39, 0.29) is 6.04 Å². The molecule has 1 aliphatic heterocycles. The van der Waals surface area contributed by atoms with Crippen LogP contribution in [0.25, 0.3) is 0 Å². The number of nitrogens with one attached hydrogen (secondary N) is 1. The standard InChI is InChI=1S/C18H14Cl3N/c19-14-8-3-7-13(16(14)21)17-11-5-1-4-10(11)12-6-2-9-15(20)18(12)22-17/h1-4,6-11,17,22H,5H2/t10-,11+,17+/m1/s1. The fraction of sp³-hybridized carbons (Fsp3) is 0.222. The Balaban J connectivity index is 1.86. The first-order valence-electron chi connectivity index (χ1n) is 7.32. The number of rotatable bonds is 1. The first-order valence-corrected chi connectivity index (χ1v) is 8.45. The molecule has 3 atom stereocenters. The van der Waals surface area contributed by atoms with Gasteiger partial charge in [-0.25, -0.2) is 0 Å². The van der Waals surface area contributed by atoms with Gasteiger partial charge in [0, 0.05) is 5.92 Å². The quantitative estimate of drug-likeness (QED) is 0.581. The van der Waals surface area contributed by atoms with Gasteiger partial charge < -0.3 is 5.32 Å². The summed E-state index contributed by atoms with van der Waals surface area (Å²) in [6, 6.07) is 12.0. The number of benzene rings is 2. The predicted octanol–water partition coefficient (Wildman–Crippen LogP) is 6.47.